The number of hydrogen-bond acceptors (Lipinski definition) is 1. The molecule has 3 heteroatoms. The van der Waals surface area contributed by atoms with E-state index in [1.54, 1.807) is 0 Å². The molecule has 0 aliphatic heterocycles. The van der Waals surface area contributed by atoms with E-state index in [9.17, 15) is 4.79 Å². The predicted octanol–water partition coefficient (Wildman–Crippen LogP) is 4.81. The van der Waals surface area contributed by atoms with Gasteiger partial charge in [0.2, 0.25) is 5.91 Å². The molecule has 2 aromatic rings. The number of halogens is 1. The third kappa shape index (κ3) is 2.85. The van der Waals surface area contributed by atoms with Crippen molar-refractivity contribution >= 4 is 28.3 Å². The zero-order valence-electron chi connectivity index (χ0n) is 13.3. The second kappa shape index (κ2) is 5.27. The first kappa shape index (κ1) is 15.4. The van der Waals surface area contributed by atoms with Gasteiger partial charge >= 0.3 is 0 Å². The number of rotatable bonds is 3. The molecule has 0 heterocycles. The zero-order chi connectivity index (χ0) is 16.0. The molecule has 3 rings (SSSR count). The summed E-state index contributed by atoms with van der Waals surface area (Å²) >= 11 is 6.27. The maximum absolute atomic E-state index is 12.5. The molecule has 1 aliphatic rings. The molecule has 1 amide bonds. The van der Waals surface area contributed by atoms with Gasteiger partial charge in [-0.3, -0.25) is 4.79 Å². The number of benzene rings is 2. The maximum atomic E-state index is 12.5. The minimum absolute atomic E-state index is 0.00360. The van der Waals surface area contributed by atoms with E-state index in [0.29, 0.717) is 0 Å². The molecule has 22 heavy (non-hydrogen) atoms. The molecule has 1 aliphatic carbocycles. The molecule has 0 radical (unpaired) electrons. The van der Waals surface area contributed by atoms with Gasteiger partial charge in [0.05, 0.1) is 6.04 Å². The van der Waals surface area contributed by atoms with Crippen LogP contribution in [0.15, 0.2) is 42.5 Å². The van der Waals surface area contributed by atoms with Crippen LogP contribution in [0.5, 0.6) is 0 Å². The molecule has 1 atom stereocenters. The van der Waals surface area contributed by atoms with Gasteiger partial charge in [-0.15, -0.1) is 11.6 Å². The highest BCUT2D eigenvalue weighted by Crippen LogP contribution is 2.52. The maximum Gasteiger partial charge on any atom is 0.226 e. The molecule has 2 nitrogen and oxygen atoms in total. The first-order valence-electron chi connectivity index (χ1n) is 7.78. The van der Waals surface area contributed by atoms with E-state index in [0.717, 1.165) is 18.4 Å². The molecule has 2 aromatic carbocycles. The van der Waals surface area contributed by atoms with Gasteiger partial charge in [0.1, 0.15) is 0 Å². The highest BCUT2D eigenvalue weighted by molar-refractivity contribution is 6.25. The van der Waals surface area contributed by atoms with Crippen LogP contribution in [-0.2, 0) is 4.79 Å². The van der Waals surface area contributed by atoms with Crippen LogP contribution in [0.2, 0.25) is 0 Å². The number of alkyl halides is 1. The van der Waals surface area contributed by atoms with Crippen molar-refractivity contribution < 1.29 is 4.79 Å². The van der Waals surface area contributed by atoms with Crippen molar-refractivity contribution in [2.75, 3.05) is 0 Å². The highest BCUT2D eigenvalue weighted by Gasteiger charge is 2.52. The minimum atomic E-state index is -0.332. The number of fused-ring (bicyclic) bond motifs is 1. The molecule has 1 fully saturated rings. The molecule has 0 saturated heterocycles. The lowest BCUT2D eigenvalue weighted by atomic mass is 9.62. The Bertz CT molecular complexity index is 714. The van der Waals surface area contributed by atoms with Crippen LogP contribution in [0.25, 0.3) is 10.8 Å². The van der Waals surface area contributed by atoms with E-state index < -0.39 is 0 Å². The Labute approximate surface area is 136 Å². The lowest BCUT2D eigenvalue weighted by Gasteiger charge is -2.48. The van der Waals surface area contributed by atoms with Crippen LogP contribution in [0.4, 0.5) is 0 Å². The van der Waals surface area contributed by atoms with Gasteiger partial charge < -0.3 is 5.32 Å². The van der Waals surface area contributed by atoms with Crippen LogP contribution >= 0.6 is 11.6 Å². The van der Waals surface area contributed by atoms with Crippen molar-refractivity contribution in [3.8, 4) is 0 Å². The number of amides is 1. The number of nitrogens with one attached hydrogen (secondary N) is 1. The van der Waals surface area contributed by atoms with E-state index in [1.165, 1.54) is 10.8 Å². The SMILES string of the molecule is C[C@@H](NC(=O)C1(C)CC(C)(Cl)C1)c1ccc2ccccc2c1. The average molecular weight is 316 g/mol. The number of carbonyl (C=O) groups excluding carboxylic acids is 1. The van der Waals surface area contributed by atoms with Crippen LogP contribution in [0, 0.1) is 5.41 Å². The van der Waals surface area contributed by atoms with Crippen molar-refractivity contribution in [2.45, 2.75) is 44.5 Å². The summed E-state index contributed by atoms with van der Waals surface area (Å²) in [6.45, 7) is 6.03. The van der Waals surface area contributed by atoms with Crippen LogP contribution in [-0.4, -0.2) is 10.8 Å². The summed E-state index contributed by atoms with van der Waals surface area (Å²) in [4.78, 5) is 12.3. The van der Waals surface area contributed by atoms with Crippen molar-refractivity contribution in [2.24, 2.45) is 5.41 Å². The topological polar surface area (TPSA) is 29.1 Å². The summed E-state index contributed by atoms with van der Waals surface area (Å²) in [6, 6.07) is 14.6. The molecule has 0 aromatic heterocycles. The quantitative estimate of drug-likeness (QED) is 0.809. The van der Waals surface area contributed by atoms with Crippen LogP contribution < -0.4 is 5.32 Å². The van der Waals surface area contributed by atoms with Gasteiger partial charge in [-0.25, -0.2) is 0 Å². The molecule has 0 bridgehead atoms. The van der Waals surface area contributed by atoms with Crippen molar-refractivity contribution in [3.05, 3.63) is 48.0 Å². The molecule has 116 valence electrons. The van der Waals surface area contributed by atoms with Crippen LogP contribution in [0.1, 0.15) is 45.2 Å². The standard InChI is InChI=1S/C19H22ClNO/c1-13(21-17(22)18(2)11-19(3,20)12-18)15-9-8-14-6-4-5-7-16(14)10-15/h4-10,13H,11-12H2,1-3H3,(H,21,22)/t13-,18?,19?/m1/s1. The summed E-state index contributed by atoms with van der Waals surface area (Å²) in [7, 11) is 0. The fourth-order valence-electron chi connectivity index (χ4n) is 3.67. The monoisotopic (exact) mass is 315 g/mol. The Morgan fingerprint density at radius 1 is 1.14 bits per heavy atom. The normalized spacial score (nSPS) is 28.9. The fraction of sp³-hybridized carbons (Fsp3) is 0.421. The Kier molecular flexibility index (Phi) is 3.68. The highest BCUT2D eigenvalue weighted by atomic mass is 35.5. The van der Waals surface area contributed by atoms with E-state index >= 15 is 0 Å². The van der Waals surface area contributed by atoms with E-state index in [2.05, 4.69) is 35.6 Å². The molecular formula is C19H22ClNO. The summed E-state index contributed by atoms with van der Waals surface area (Å²) in [6.07, 6.45) is 1.47. The van der Waals surface area contributed by atoms with E-state index in [1.807, 2.05) is 32.9 Å². The van der Waals surface area contributed by atoms with Gasteiger partial charge in [-0.1, -0.05) is 43.3 Å². The number of carbonyl (C=O) groups is 1. The summed E-state index contributed by atoms with van der Waals surface area (Å²) in [5, 5.41) is 5.56. The van der Waals surface area contributed by atoms with Crippen molar-refractivity contribution in [3.63, 3.8) is 0 Å². The molecule has 1 N–H and O–H groups in total. The Balaban J connectivity index is 1.73. The minimum Gasteiger partial charge on any atom is -0.349 e. The second-order valence-electron chi connectivity index (χ2n) is 7.13. The Hall–Kier alpha value is -1.54. The van der Waals surface area contributed by atoms with Gasteiger partial charge in [0.25, 0.3) is 0 Å². The first-order valence-corrected chi connectivity index (χ1v) is 8.16. The second-order valence-corrected chi connectivity index (χ2v) is 8.04. The van der Waals surface area contributed by atoms with Gasteiger partial charge in [-0.05, 0) is 49.1 Å². The lowest BCUT2D eigenvalue weighted by molar-refractivity contribution is -0.137. The van der Waals surface area contributed by atoms with Gasteiger partial charge in [0, 0.05) is 10.3 Å². The fourth-order valence-corrected chi connectivity index (χ4v) is 4.26. The summed E-state index contributed by atoms with van der Waals surface area (Å²) in [5.41, 5.74) is 0.797. The number of hydrogen-bond donors (Lipinski definition) is 1. The molecular weight excluding hydrogens is 294 g/mol. The summed E-state index contributed by atoms with van der Waals surface area (Å²) < 4.78 is 0. The smallest absolute Gasteiger partial charge is 0.226 e. The third-order valence-electron chi connectivity index (χ3n) is 4.69. The molecule has 1 saturated carbocycles. The van der Waals surface area contributed by atoms with Crippen molar-refractivity contribution in [1.82, 2.24) is 5.32 Å². The van der Waals surface area contributed by atoms with Gasteiger partial charge in [0.15, 0.2) is 0 Å². The van der Waals surface area contributed by atoms with Gasteiger partial charge in [-0.2, -0.15) is 0 Å². The molecule has 0 unspecified atom stereocenters. The largest absolute Gasteiger partial charge is 0.349 e. The predicted molar refractivity (Wildman–Crippen MR) is 92.1 cm³/mol. The lowest BCUT2D eigenvalue weighted by Crippen LogP contribution is -2.53. The Morgan fingerprint density at radius 3 is 2.41 bits per heavy atom. The first-order chi connectivity index (χ1) is 10.3. The van der Waals surface area contributed by atoms with Crippen molar-refractivity contribution in [1.29, 1.82) is 0 Å². The third-order valence-corrected chi connectivity index (χ3v) is 4.95. The zero-order valence-corrected chi connectivity index (χ0v) is 14.1. The van der Waals surface area contributed by atoms with Crippen LogP contribution in [0.3, 0.4) is 0 Å². The average Bonchev–Trinajstić information content (AvgIpc) is 2.44. The Morgan fingerprint density at radius 2 is 1.77 bits per heavy atom. The summed E-state index contributed by atoms with van der Waals surface area (Å²) in [5.74, 6) is 0.103. The van der Waals surface area contributed by atoms with E-state index in [4.69, 9.17) is 11.6 Å². The molecule has 0 spiro atoms. The van der Waals surface area contributed by atoms with E-state index in [-0.39, 0.29) is 22.2 Å².